The van der Waals surface area contributed by atoms with Crippen LogP contribution in [0.5, 0.6) is 0 Å². The summed E-state index contributed by atoms with van der Waals surface area (Å²) in [6.45, 7) is 3.97. The number of hydrogen-bond acceptors (Lipinski definition) is 3. The summed E-state index contributed by atoms with van der Waals surface area (Å²) >= 11 is 0. The van der Waals surface area contributed by atoms with Gasteiger partial charge < -0.3 is 14.8 Å². The van der Waals surface area contributed by atoms with Crippen molar-refractivity contribution in [2.24, 2.45) is 5.92 Å². The van der Waals surface area contributed by atoms with Crippen LogP contribution in [-0.4, -0.2) is 32.6 Å². The molecule has 0 saturated carbocycles. The molecule has 2 rings (SSSR count). The zero-order chi connectivity index (χ0) is 8.93. The fourth-order valence-corrected chi connectivity index (χ4v) is 2.03. The summed E-state index contributed by atoms with van der Waals surface area (Å²) in [7, 11) is 0. The Morgan fingerprint density at radius 2 is 1.77 bits per heavy atom. The first-order chi connectivity index (χ1) is 6.47. The molecular weight excluding hydrogens is 166 g/mol. The summed E-state index contributed by atoms with van der Waals surface area (Å²) < 4.78 is 11.4. The molecule has 76 valence electrons. The first kappa shape index (κ1) is 9.44. The lowest BCUT2D eigenvalue weighted by Crippen LogP contribution is -2.39. The molecule has 2 aliphatic heterocycles. The van der Waals surface area contributed by atoms with Crippen LogP contribution in [0.2, 0.25) is 0 Å². The van der Waals surface area contributed by atoms with Gasteiger partial charge >= 0.3 is 0 Å². The van der Waals surface area contributed by atoms with Crippen molar-refractivity contribution < 1.29 is 9.47 Å². The molecule has 0 bridgehead atoms. The van der Waals surface area contributed by atoms with Gasteiger partial charge in [-0.05, 0) is 32.2 Å². The Bertz CT molecular complexity index is 138. The summed E-state index contributed by atoms with van der Waals surface area (Å²) in [5.74, 6) is 0.576. The average Bonchev–Trinajstić information content (AvgIpc) is 2.47. The lowest BCUT2D eigenvalue weighted by Gasteiger charge is -2.29. The third-order valence-electron chi connectivity index (χ3n) is 2.82. The summed E-state index contributed by atoms with van der Waals surface area (Å²) in [5, 5.41) is 3.39. The predicted octanol–water partition coefficient (Wildman–Crippen LogP) is 1.14. The second-order valence-electron chi connectivity index (χ2n) is 3.92. The standard InChI is InChI=1S/C10H19NO2/c1-2-7-13-10(12-6-1)9-4-3-5-11-8-9/h9-11H,1-8H2. The molecular formula is C10H19NO2. The van der Waals surface area contributed by atoms with Crippen LogP contribution in [0.1, 0.15) is 25.7 Å². The first-order valence-electron chi connectivity index (χ1n) is 5.41. The highest BCUT2D eigenvalue weighted by atomic mass is 16.7. The van der Waals surface area contributed by atoms with Crippen molar-refractivity contribution in [3.8, 4) is 0 Å². The molecule has 0 aromatic rings. The first-order valence-corrected chi connectivity index (χ1v) is 5.41. The summed E-state index contributed by atoms with van der Waals surface area (Å²) in [4.78, 5) is 0. The van der Waals surface area contributed by atoms with Gasteiger partial charge in [-0.15, -0.1) is 0 Å². The molecule has 0 aromatic carbocycles. The molecule has 1 atom stereocenters. The molecule has 3 nitrogen and oxygen atoms in total. The number of nitrogens with one attached hydrogen (secondary N) is 1. The number of hydrogen-bond donors (Lipinski definition) is 1. The van der Waals surface area contributed by atoms with E-state index in [1.807, 2.05) is 0 Å². The summed E-state index contributed by atoms with van der Waals surface area (Å²) in [6, 6.07) is 0. The largest absolute Gasteiger partial charge is 0.352 e. The molecule has 2 fully saturated rings. The van der Waals surface area contributed by atoms with Crippen LogP contribution in [0.4, 0.5) is 0 Å². The zero-order valence-electron chi connectivity index (χ0n) is 8.13. The second kappa shape index (κ2) is 4.94. The minimum absolute atomic E-state index is 0.0651. The van der Waals surface area contributed by atoms with Gasteiger partial charge in [-0.1, -0.05) is 0 Å². The van der Waals surface area contributed by atoms with Gasteiger partial charge in [0.25, 0.3) is 0 Å². The predicted molar refractivity (Wildman–Crippen MR) is 50.5 cm³/mol. The van der Waals surface area contributed by atoms with Crippen molar-refractivity contribution >= 4 is 0 Å². The molecule has 0 amide bonds. The van der Waals surface area contributed by atoms with Gasteiger partial charge in [0, 0.05) is 25.7 Å². The van der Waals surface area contributed by atoms with Crippen molar-refractivity contribution in [2.75, 3.05) is 26.3 Å². The van der Waals surface area contributed by atoms with Crippen LogP contribution in [0, 0.1) is 5.92 Å². The van der Waals surface area contributed by atoms with Gasteiger partial charge in [-0.3, -0.25) is 0 Å². The third-order valence-corrected chi connectivity index (χ3v) is 2.82. The molecule has 0 aliphatic carbocycles. The summed E-state index contributed by atoms with van der Waals surface area (Å²) in [5.41, 5.74) is 0. The van der Waals surface area contributed by atoms with Gasteiger partial charge in [0.15, 0.2) is 6.29 Å². The van der Waals surface area contributed by atoms with E-state index in [2.05, 4.69) is 5.32 Å². The molecule has 2 heterocycles. The second-order valence-corrected chi connectivity index (χ2v) is 3.92. The van der Waals surface area contributed by atoms with Crippen molar-refractivity contribution in [3.63, 3.8) is 0 Å². The van der Waals surface area contributed by atoms with Gasteiger partial charge in [0.1, 0.15) is 0 Å². The van der Waals surface area contributed by atoms with Crippen LogP contribution in [0.25, 0.3) is 0 Å². The molecule has 2 saturated heterocycles. The Hall–Kier alpha value is -0.120. The molecule has 1 unspecified atom stereocenters. The number of piperidine rings is 1. The Morgan fingerprint density at radius 3 is 2.38 bits per heavy atom. The van der Waals surface area contributed by atoms with E-state index < -0.39 is 0 Å². The normalized spacial score (nSPS) is 32.8. The van der Waals surface area contributed by atoms with E-state index >= 15 is 0 Å². The van der Waals surface area contributed by atoms with Crippen LogP contribution in [-0.2, 0) is 9.47 Å². The van der Waals surface area contributed by atoms with Crippen LogP contribution < -0.4 is 5.32 Å². The molecule has 0 radical (unpaired) electrons. The maximum Gasteiger partial charge on any atom is 0.161 e. The highest BCUT2D eigenvalue weighted by Crippen LogP contribution is 2.20. The topological polar surface area (TPSA) is 30.5 Å². The van der Waals surface area contributed by atoms with Crippen molar-refractivity contribution in [3.05, 3.63) is 0 Å². The van der Waals surface area contributed by atoms with E-state index in [0.717, 1.165) is 39.1 Å². The molecule has 0 aromatic heterocycles. The zero-order valence-corrected chi connectivity index (χ0v) is 8.13. The van der Waals surface area contributed by atoms with Crippen molar-refractivity contribution in [1.82, 2.24) is 5.32 Å². The van der Waals surface area contributed by atoms with Gasteiger partial charge in [-0.25, -0.2) is 0 Å². The molecule has 3 heteroatoms. The Morgan fingerprint density at radius 1 is 1.00 bits per heavy atom. The van der Waals surface area contributed by atoms with E-state index in [9.17, 15) is 0 Å². The van der Waals surface area contributed by atoms with Gasteiger partial charge in [-0.2, -0.15) is 0 Å². The molecule has 2 aliphatic rings. The number of ether oxygens (including phenoxy) is 2. The van der Waals surface area contributed by atoms with Crippen molar-refractivity contribution in [2.45, 2.75) is 32.0 Å². The Labute approximate surface area is 79.8 Å². The third kappa shape index (κ3) is 2.66. The number of rotatable bonds is 1. The van der Waals surface area contributed by atoms with E-state index in [1.165, 1.54) is 12.8 Å². The maximum absolute atomic E-state index is 5.68. The van der Waals surface area contributed by atoms with Crippen LogP contribution >= 0.6 is 0 Å². The van der Waals surface area contributed by atoms with Crippen molar-refractivity contribution in [1.29, 1.82) is 0 Å². The Kier molecular flexibility index (Phi) is 3.58. The van der Waals surface area contributed by atoms with Gasteiger partial charge in [0.05, 0.1) is 0 Å². The summed E-state index contributed by atoms with van der Waals surface area (Å²) in [6.07, 6.45) is 4.87. The maximum atomic E-state index is 5.68. The lowest BCUT2D eigenvalue weighted by atomic mass is 9.99. The quantitative estimate of drug-likeness (QED) is 0.664. The fraction of sp³-hybridized carbons (Fsp3) is 1.00. The highest BCUT2D eigenvalue weighted by Gasteiger charge is 2.25. The van der Waals surface area contributed by atoms with Crippen LogP contribution in [0.15, 0.2) is 0 Å². The van der Waals surface area contributed by atoms with E-state index in [-0.39, 0.29) is 6.29 Å². The smallest absolute Gasteiger partial charge is 0.161 e. The molecule has 13 heavy (non-hydrogen) atoms. The monoisotopic (exact) mass is 185 g/mol. The highest BCUT2D eigenvalue weighted by molar-refractivity contribution is 4.72. The molecule has 0 spiro atoms. The SMILES string of the molecule is C1CCOC(C2CCCNC2)OC1. The fourth-order valence-electron chi connectivity index (χ4n) is 2.03. The molecule has 1 N–H and O–H groups in total. The van der Waals surface area contributed by atoms with E-state index in [0.29, 0.717) is 5.92 Å². The lowest BCUT2D eigenvalue weighted by molar-refractivity contribution is -0.161. The minimum atomic E-state index is 0.0651. The Balaban J connectivity index is 1.82. The van der Waals surface area contributed by atoms with Crippen LogP contribution in [0.3, 0.4) is 0 Å². The van der Waals surface area contributed by atoms with E-state index in [1.54, 1.807) is 0 Å². The minimum Gasteiger partial charge on any atom is -0.352 e. The van der Waals surface area contributed by atoms with Gasteiger partial charge in [0.2, 0.25) is 0 Å². The van der Waals surface area contributed by atoms with E-state index in [4.69, 9.17) is 9.47 Å². The average molecular weight is 185 g/mol.